The molecule has 0 aromatic heterocycles. The third kappa shape index (κ3) is 5.67. The fourth-order valence-corrected chi connectivity index (χ4v) is 5.53. The van der Waals surface area contributed by atoms with Crippen LogP contribution in [-0.2, 0) is 20.0 Å². The van der Waals surface area contributed by atoms with Crippen molar-refractivity contribution in [2.75, 3.05) is 51.8 Å². The van der Waals surface area contributed by atoms with Crippen LogP contribution in [0.5, 0.6) is 0 Å². The summed E-state index contributed by atoms with van der Waals surface area (Å²) in [5.74, 6) is 0. The molecule has 1 atom stereocenters. The molecule has 0 radical (unpaired) electrons. The maximum atomic E-state index is 12.2. The van der Waals surface area contributed by atoms with Gasteiger partial charge in [0.25, 0.3) is 0 Å². The Labute approximate surface area is 140 Å². The standard InChI is InChI=1S/C14H29N3O4S2/c1-22(18,19)16-10-6-7-14(13-16)17(23(2,20)21)12-11-15-8-4-3-5-9-15/h14H,3-13H2,1-2H3. The van der Waals surface area contributed by atoms with Gasteiger partial charge in [0.1, 0.15) is 0 Å². The average Bonchev–Trinajstić information content (AvgIpc) is 2.46. The summed E-state index contributed by atoms with van der Waals surface area (Å²) < 4.78 is 50.8. The van der Waals surface area contributed by atoms with E-state index in [9.17, 15) is 16.8 Å². The fourth-order valence-electron chi connectivity index (χ4n) is 3.50. The Morgan fingerprint density at radius 3 is 2.17 bits per heavy atom. The van der Waals surface area contributed by atoms with Crippen LogP contribution in [0.25, 0.3) is 0 Å². The molecule has 2 aliphatic heterocycles. The van der Waals surface area contributed by atoms with Crippen LogP contribution in [0, 0.1) is 0 Å². The Balaban J connectivity index is 2.02. The zero-order chi connectivity index (χ0) is 17.1. The van der Waals surface area contributed by atoms with Crippen molar-refractivity contribution in [2.24, 2.45) is 0 Å². The minimum atomic E-state index is -3.35. The number of rotatable bonds is 6. The van der Waals surface area contributed by atoms with E-state index in [-0.39, 0.29) is 12.6 Å². The van der Waals surface area contributed by atoms with Gasteiger partial charge in [-0.05, 0) is 38.8 Å². The summed E-state index contributed by atoms with van der Waals surface area (Å²) in [6, 6.07) is -0.252. The summed E-state index contributed by atoms with van der Waals surface area (Å²) >= 11 is 0. The normalized spacial score (nSPS) is 25.8. The highest BCUT2D eigenvalue weighted by atomic mass is 32.2. The van der Waals surface area contributed by atoms with Crippen LogP contribution in [0.4, 0.5) is 0 Å². The van der Waals surface area contributed by atoms with Gasteiger partial charge in [-0.15, -0.1) is 0 Å². The third-order valence-electron chi connectivity index (χ3n) is 4.75. The van der Waals surface area contributed by atoms with Crippen molar-refractivity contribution in [3.63, 3.8) is 0 Å². The van der Waals surface area contributed by atoms with Crippen LogP contribution in [0.1, 0.15) is 32.1 Å². The van der Waals surface area contributed by atoms with E-state index in [1.165, 1.54) is 40.4 Å². The molecular formula is C14H29N3O4S2. The van der Waals surface area contributed by atoms with E-state index in [2.05, 4.69) is 4.90 Å². The first kappa shape index (κ1) is 19.1. The number of hydrogen-bond donors (Lipinski definition) is 0. The smallest absolute Gasteiger partial charge is 0.211 e. The minimum Gasteiger partial charge on any atom is -0.302 e. The molecule has 0 N–H and O–H groups in total. The molecule has 0 aromatic carbocycles. The van der Waals surface area contributed by atoms with Crippen LogP contribution in [0.3, 0.4) is 0 Å². The van der Waals surface area contributed by atoms with Gasteiger partial charge in [-0.1, -0.05) is 6.42 Å². The Morgan fingerprint density at radius 1 is 0.957 bits per heavy atom. The van der Waals surface area contributed by atoms with Crippen LogP contribution in [0.2, 0.25) is 0 Å². The molecule has 2 saturated heterocycles. The van der Waals surface area contributed by atoms with Crippen molar-refractivity contribution in [1.29, 1.82) is 0 Å². The van der Waals surface area contributed by atoms with Crippen molar-refractivity contribution in [3.05, 3.63) is 0 Å². The minimum absolute atomic E-state index is 0.252. The van der Waals surface area contributed by atoms with E-state index >= 15 is 0 Å². The second-order valence-electron chi connectivity index (χ2n) is 6.69. The quantitative estimate of drug-likeness (QED) is 0.668. The summed E-state index contributed by atoms with van der Waals surface area (Å²) in [5, 5.41) is 0. The second-order valence-corrected chi connectivity index (χ2v) is 10.6. The molecule has 0 aliphatic carbocycles. The zero-order valence-corrected chi connectivity index (χ0v) is 15.8. The molecule has 9 heteroatoms. The summed E-state index contributed by atoms with van der Waals surface area (Å²) in [7, 11) is -6.62. The van der Waals surface area contributed by atoms with Crippen molar-refractivity contribution in [1.82, 2.24) is 13.5 Å². The summed E-state index contributed by atoms with van der Waals surface area (Å²) in [4.78, 5) is 2.30. The average molecular weight is 368 g/mol. The molecule has 0 aromatic rings. The largest absolute Gasteiger partial charge is 0.302 e. The molecule has 0 saturated carbocycles. The van der Waals surface area contributed by atoms with Gasteiger partial charge in [0.05, 0.1) is 12.5 Å². The van der Waals surface area contributed by atoms with Crippen molar-refractivity contribution < 1.29 is 16.8 Å². The molecule has 2 heterocycles. The van der Waals surface area contributed by atoms with Crippen LogP contribution < -0.4 is 0 Å². The molecular weight excluding hydrogens is 338 g/mol. The Bertz CT molecular complexity index is 585. The van der Waals surface area contributed by atoms with Gasteiger partial charge in [-0.3, -0.25) is 0 Å². The lowest BCUT2D eigenvalue weighted by Crippen LogP contribution is -2.53. The second kappa shape index (κ2) is 7.77. The van der Waals surface area contributed by atoms with Gasteiger partial charge in [-0.2, -0.15) is 4.31 Å². The topological polar surface area (TPSA) is 78.0 Å². The van der Waals surface area contributed by atoms with Gasteiger partial charge >= 0.3 is 0 Å². The molecule has 2 fully saturated rings. The van der Waals surface area contributed by atoms with Gasteiger partial charge < -0.3 is 4.90 Å². The zero-order valence-electron chi connectivity index (χ0n) is 14.1. The maximum Gasteiger partial charge on any atom is 0.211 e. The van der Waals surface area contributed by atoms with E-state index in [1.54, 1.807) is 0 Å². The first-order valence-corrected chi connectivity index (χ1v) is 12.0. The summed E-state index contributed by atoms with van der Waals surface area (Å²) in [6.45, 7) is 3.98. The van der Waals surface area contributed by atoms with E-state index in [0.717, 1.165) is 26.1 Å². The number of sulfonamides is 2. The Hall–Kier alpha value is -0.220. The molecule has 1 unspecified atom stereocenters. The molecule has 23 heavy (non-hydrogen) atoms. The fraction of sp³-hybridized carbons (Fsp3) is 1.00. The molecule has 2 aliphatic rings. The highest BCUT2D eigenvalue weighted by molar-refractivity contribution is 7.88. The number of piperidine rings is 2. The van der Waals surface area contributed by atoms with Gasteiger partial charge in [0, 0.05) is 32.2 Å². The molecule has 7 nitrogen and oxygen atoms in total. The van der Waals surface area contributed by atoms with Crippen molar-refractivity contribution in [3.8, 4) is 0 Å². The van der Waals surface area contributed by atoms with Crippen LogP contribution >= 0.6 is 0 Å². The summed E-state index contributed by atoms with van der Waals surface area (Å²) in [6.07, 6.45) is 7.43. The Morgan fingerprint density at radius 2 is 1.61 bits per heavy atom. The SMILES string of the molecule is CS(=O)(=O)N1CCCC(N(CCN2CCCCC2)S(C)(=O)=O)C1. The van der Waals surface area contributed by atoms with E-state index in [1.807, 2.05) is 0 Å². The third-order valence-corrected chi connectivity index (χ3v) is 7.35. The lowest BCUT2D eigenvalue weighted by atomic mass is 10.1. The molecule has 0 spiro atoms. The number of hydrogen-bond acceptors (Lipinski definition) is 5. The number of likely N-dealkylation sites (tertiary alicyclic amines) is 1. The van der Waals surface area contributed by atoms with E-state index < -0.39 is 20.0 Å². The lowest BCUT2D eigenvalue weighted by Gasteiger charge is -2.38. The number of nitrogens with zero attached hydrogens (tertiary/aromatic N) is 3. The predicted molar refractivity (Wildman–Crippen MR) is 91.3 cm³/mol. The van der Waals surface area contributed by atoms with Crippen molar-refractivity contribution in [2.45, 2.75) is 38.1 Å². The Kier molecular flexibility index (Phi) is 6.46. The van der Waals surface area contributed by atoms with E-state index in [4.69, 9.17) is 0 Å². The molecule has 2 rings (SSSR count). The van der Waals surface area contributed by atoms with Gasteiger partial charge in [-0.25, -0.2) is 21.1 Å². The van der Waals surface area contributed by atoms with Crippen molar-refractivity contribution >= 4 is 20.0 Å². The first-order chi connectivity index (χ1) is 10.7. The highest BCUT2D eigenvalue weighted by Crippen LogP contribution is 2.20. The van der Waals surface area contributed by atoms with Crippen LogP contribution in [0.15, 0.2) is 0 Å². The molecule has 0 amide bonds. The van der Waals surface area contributed by atoms with E-state index in [0.29, 0.717) is 19.5 Å². The van der Waals surface area contributed by atoms with Gasteiger partial charge in [0.2, 0.25) is 20.0 Å². The lowest BCUT2D eigenvalue weighted by molar-refractivity contribution is 0.172. The highest BCUT2D eigenvalue weighted by Gasteiger charge is 2.33. The predicted octanol–water partition coefficient (Wildman–Crippen LogP) is 0.158. The molecule has 0 bridgehead atoms. The monoisotopic (exact) mass is 367 g/mol. The van der Waals surface area contributed by atoms with Crippen LogP contribution in [-0.4, -0.2) is 88.2 Å². The summed E-state index contributed by atoms with van der Waals surface area (Å²) in [5.41, 5.74) is 0. The molecule has 136 valence electrons. The van der Waals surface area contributed by atoms with Gasteiger partial charge in [0.15, 0.2) is 0 Å². The maximum absolute atomic E-state index is 12.2. The first-order valence-electron chi connectivity index (χ1n) is 8.32.